The first-order valence-electron chi connectivity index (χ1n) is 30.4. The molecule has 10 N–H and O–H groups in total. The average Bonchev–Trinajstić information content (AvgIpc) is 2.21. The Morgan fingerprint density at radius 1 is 0.500 bits per heavy atom. The molecule has 4 aromatic carbocycles. The van der Waals surface area contributed by atoms with Crippen molar-refractivity contribution < 1.29 is 38.4 Å². The Morgan fingerprint density at radius 3 is 1.27 bits per heavy atom. The van der Waals surface area contributed by atoms with Crippen LogP contribution in [0.5, 0.6) is 0 Å². The van der Waals surface area contributed by atoms with Crippen molar-refractivity contribution in [3.8, 4) is 0 Å². The fourth-order valence-electron chi connectivity index (χ4n) is 11.5. The number of amides is 8. The summed E-state index contributed by atoms with van der Waals surface area (Å²) in [4.78, 5) is 128. The summed E-state index contributed by atoms with van der Waals surface area (Å²) in [5.74, 6) is -3.79. The normalized spacial score (nSPS) is 16.2. The highest BCUT2D eigenvalue weighted by Crippen LogP contribution is 2.26. The lowest BCUT2D eigenvalue weighted by Crippen LogP contribution is -2.57. The number of nitrogens with zero attached hydrogens (tertiary/aromatic N) is 4. The molecule has 0 spiro atoms. The number of nitrogens with two attached hydrogens (primary N) is 2. The van der Waals surface area contributed by atoms with Gasteiger partial charge in [0.05, 0.1) is 33.5 Å². The van der Waals surface area contributed by atoms with Crippen LogP contribution in [0.15, 0.2) is 121 Å². The molecule has 0 radical (unpaired) electrons. The van der Waals surface area contributed by atoms with Crippen LogP contribution < -0.4 is 43.4 Å². The van der Waals surface area contributed by atoms with E-state index < -0.39 is 71.7 Å². The third kappa shape index (κ3) is 16.6. The number of pyridine rings is 2. The second-order valence-electron chi connectivity index (χ2n) is 22.1. The van der Waals surface area contributed by atoms with Crippen molar-refractivity contribution in [3.05, 3.63) is 155 Å². The summed E-state index contributed by atoms with van der Waals surface area (Å²) >= 11 is 0. The lowest BCUT2D eigenvalue weighted by molar-refractivity contribution is -0.141. The van der Waals surface area contributed by atoms with E-state index in [1.165, 1.54) is 9.80 Å². The molecular formula is C66H82N12O8. The van der Waals surface area contributed by atoms with Gasteiger partial charge in [0.1, 0.15) is 36.3 Å². The molecule has 8 rings (SSSR count). The minimum atomic E-state index is -1.16. The van der Waals surface area contributed by atoms with Crippen LogP contribution in [0.1, 0.15) is 121 Å². The summed E-state index contributed by atoms with van der Waals surface area (Å²) in [7, 11) is 0. The minimum absolute atomic E-state index is 0.0758. The van der Waals surface area contributed by atoms with Crippen LogP contribution >= 0.6 is 0 Å². The minimum Gasteiger partial charge on any atom is -0.354 e. The van der Waals surface area contributed by atoms with Gasteiger partial charge in [0.25, 0.3) is 11.8 Å². The Morgan fingerprint density at radius 2 is 0.884 bits per heavy atom. The van der Waals surface area contributed by atoms with Gasteiger partial charge in [-0.2, -0.15) is 0 Å². The van der Waals surface area contributed by atoms with Gasteiger partial charge in [-0.15, -0.1) is 0 Å². The number of aryl methyl sites for hydroxylation is 2. The number of hydrogen-bond donors (Lipinski definition) is 8. The van der Waals surface area contributed by atoms with Crippen molar-refractivity contribution in [3.63, 3.8) is 0 Å². The first-order valence-corrected chi connectivity index (χ1v) is 30.4. The SMILES string of the molecule is CCc1nc2ccccc2cc1C(=O)N[C@@H](CCCC[C@H](NC(=O)c1cc2ccccc2nc1CC)C(=O)N1CCC[C@H]1C(=O)N[C@@H](Cc1ccccc1)C(=O)NCCCN)C(=O)N1CCC[C@H]1C(=O)N[C@@H](Cc1ccccc1)C(=O)NCCCN. The van der Waals surface area contributed by atoms with E-state index >= 15 is 9.59 Å². The van der Waals surface area contributed by atoms with Crippen LogP contribution in [0.2, 0.25) is 0 Å². The molecule has 454 valence electrons. The number of benzene rings is 4. The molecule has 4 heterocycles. The zero-order valence-corrected chi connectivity index (χ0v) is 49.4. The van der Waals surface area contributed by atoms with Crippen molar-refractivity contribution in [2.75, 3.05) is 39.3 Å². The van der Waals surface area contributed by atoms with Crippen LogP contribution in [-0.2, 0) is 54.5 Å². The molecule has 2 saturated heterocycles. The molecule has 6 aromatic rings. The maximum atomic E-state index is 15.2. The second-order valence-corrected chi connectivity index (χ2v) is 22.1. The molecule has 8 amide bonds. The number of likely N-dealkylation sites (tertiary alicyclic amines) is 2. The third-order valence-corrected chi connectivity index (χ3v) is 16.1. The van der Waals surface area contributed by atoms with E-state index in [-0.39, 0.29) is 63.4 Å². The van der Waals surface area contributed by atoms with Gasteiger partial charge >= 0.3 is 0 Å². The fourth-order valence-corrected chi connectivity index (χ4v) is 11.5. The molecule has 2 fully saturated rings. The predicted molar refractivity (Wildman–Crippen MR) is 330 cm³/mol. The number of unbranched alkanes of at least 4 members (excludes halogenated alkanes) is 1. The van der Waals surface area contributed by atoms with Gasteiger partial charge in [0, 0.05) is 49.8 Å². The van der Waals surface area contributed by atoms with Crippen LogP contribution in [0.25, 0.3) is 21.8 Å². The van der Waals surface area contributed by atoms with Gasteiger partial charge in [-0.25, -0.2) is 0 Å². The molecule has 6 atom stereocenters. The summed E-state index contributed by atoms with van der Waals surface area (Å²) in [6.45, 7) is 5.63. The van der Waals surface area contributed by atoms with Gasteiger partial charge in [-0.05, 0) is 113 Å². The van der Waals surface area contributed by atoms with Gasteiger partial charge in [-0.3, -0.25) is 48.3 Å². The maximum Gasteiger partial charge on any atom is 0.253 e. The first-order chi connectivity index (χ1) is 41.8. The quantitative estimate of drug-likeness (QED) is 0.0296. The van der Waals surface area contributed by atoms with Crippen molar-refractivity contribution >= 4 is 69.1 Å². The number of hydrogen-bond acceptors (Lipinski definition) is 12. The van der Waals surface area contributed by atoms with Crippen LogP contribution in [0, 0.1) is 0 Å². The number of carbonyl (C=O) groups excluding carboxylic acids is 8. The first kappa shape index (κ1) is 63.4. The van der Waals surface area contributed by atoms with E-state index in [1.807, 2.05) is 123 Å². The summed E-state index contributed by atoms with van der Waals surface area (Å²) < 4.78 is 0. The number of rotatable bonds is 29. The molecule has 2 aliphatic rings. The van der Waals surface area contributed by atoms with Crippen LogP contribution in [0.3, 0.4) is 0 Å². The standard InChI is InChI=1S/C66H82N12O8/c1-3-49-47(41-45-25-11-13-27-51(45)71-49)59(79)73-53(65(85)77-37-17-31-57(77)63(83)75-55(61(81)69-35-19-33-67)39-43-21-7-5-8-22-43)29-15-16-30-54(74-60(80)48-42-46-26-12-14-28-52(46)72-50(48)4-2)66(86)78-38-18-32-58(78)64(84)76-56(62(82)70-36-20-34-68)40-44-23-9-6-10-24-44/h5-14,21-28,41-42,53-58H,3-4,15-20,29-40,67-68H2,1-2H3,(H,69,81)(H,70,82)(H,73,79)(H,74,80)(H,75,83)(H,76,84)/t53-,54-,55-,56-,57-,58-/m0/s1. The smallest absolute Gasteiger partial charge is 0.253 e. The summed E-state index contributed by atoms with van der Waals surface area (Å²) in [5, 5.41) is 19.2. The Hall–Kier alpha value is -8.62. The van der Waals surface area contributed by atoms with E-state index in [9.17, 15) is 28.8 Å². The zero-order chi connectivity index (χ0) is 61.0. The number of nitrogens with one attached hydrogen (secondary N) is 6. The molecule has 20 nitrogen and oxygen atoms in total. The Kier molecular flexibility index (Phi) is 23.2. The summed E-state index contributed by atoms with van der Waals surface area (Å²) in [6, 6.07) is 30.9. The Bertz CT molecular complexity index is 3110. The highest BCUT2D eigenvalue weighted by atomic mass is 16.2. The summed E-state index contributed by atoms with van der Waals surface area (Å²) in [5.41, 5.74) is 16.2. The molecule has 0 bridgehead atoms. The molecule has 20 heteroatoms. The number of fused-ring (bicyclic) bond motifs is 2. The topological polar surface area (TPSA) is 293 Å². The van der Waals surface area contributed by atoms with Gasteiger partial charge in [-0.1, -0.05) is 124 Å². The van der Waals surface area contributed by atoms with Crippen molar-refractivity contribution in [1.29, 1.82) is 0 Å². The van der Waals surface area contributed by atoms with Crippen molar-refractivity contribution in [2.24, 2.45) is 11.5 Å². The van der Waals surface area contributed by atoms with E-state index in [0.29, 0.717) is 111 Å². The molecule has 0 saturated carbocycles. The van der Waals surface area contributed by atoms with E-state index in [4.69, 9.17) is 21.4 Å². The maximum absolute atomic E-state index is 15.2. The highest BCUT2D eigenvalue weighted by molar-refractivity contribution is 6.03. The number of para-hydroxylation sites is 2. The van der Waals surface area contributed by atoms with Gasteiger partial charge < -0.3 is 53.2 Å². The van der Waals surface area contributed by atoms with Gasteiger partial charge in [0.15, 0.2) is 0 Å². The molecule has 0 aliphatic carbocycles. The molecule has 2 aliphatic heterocycles. The largest absolute Gasteiger partial charge is 0.354 e. The van der Waals surface area contributed by atoms with Crippen molar-refractivity contribution in [1.82, 2.24) is 51.7 Å². The predicted octanol–water partition coefficient (Wildman–Crippen LogP) is 4.73. The number of carbonyl (C=O) groups is 8. The second kappa shape index (κ2) is 31.5. The fraction of sp³-hybridized carbons (Fsp3) is 0.424. The molecular weight excluding hydrogens is 1090 g/mol. The zero-order valence-electron chi connectivity index (χ0n) is 49.4. The lowest BCUT2D eigenvalue weighted by Gasteiger charge is -2.31. The monoisotopic (exact) mass is 1170 g/mol. The van der Waals surface area contributed by atoms with E-state index in [2.05, 4.69) is 31.9 Å². The molecule has 2 aromatic heterocycles. The molecule has 0 unspecified atom stereocenters. The van der Waals surface area contributed by atoms with Crippen LogP contribution in [0.4, 0.5) is 0 Å². The van der Waals surface area contributed by atoms with E-state index in [0.717, 1.165) is 21.9 Å². The Labute approximate surface area is 502 Å². The third-order valence-electron chi connectivity index (χ3n) is 16.1. The number of aromatic nitrogens is 2. The Balaban J connectivity index is 1.05. The summed E-state index contributed by atoms with van der Waals surface area (Å²) in [6.07, 6.45) is 4.68. The lowest BCUT2D eigenvalue weighted by atomic mass is 10.0. The van der Waals surface area contributed by atoms with Gasteiger partial charge in [0.2, 0.25) is 35.4 Å². The van der Waals surface area contributed by atoms with E-state index in [1.54, 1.807) is 12.1 Å². The van der Waals surface area contributed by atoms with Crippen molar-refractivity contribution in [2.45, 2.75) is 140 Å². The average molecular weight is 1170 g/mol. The highest BCUT2D eigenvalue weighted by Gasteiger charge is 2.41. The van der Waals surface area contributed by atoms with Crippen LogP contribution in [-0.4, -0.2) is 143 Å². The molecule has 86 heavy (non-hydrogen) atoms.